The summed E-state index contributed by atoms with van der Waals surface area (Å²) in [5.41, 5.74) is 4.76. The van der Waals surface area contributed by atoms with Crippen LogP contribution in [-0.4, -0.2) is 25.2 Å². The first kappa shape index (κ1) is 22.1. The molecule has 2 heterocycles. The average Bonchev–Trinajstić information content (AvgIpc) is 3.13. The average molecular weight is 444 g/mol. The number of fused-ring (bicyclic) bond motifs is 1. The number of aromatic nitrogens is 1. The fourth-order valence-electron chi connectivity index (χ4n) is 3.73. The summed E-state index contributed by atoms with van der Waals surface area (Å²) >= 11 is 0. The number of hydrogen-bond donors (Lipinski definition) is 1. The predicted octanol–water partition coefficient (Wildman–Crippen LogP) is 5.42. The summed E-state index contributed by atoms with van der Waals surface area (Å²) < 4.78 is 13.9. The van der Waals surface area contributed by atoms with Crippen molar-refractivity contribution in [2.75, 3.05) is 19.0 Å². The summed E-state index contributed by atoms with van der Waals surface area (Å²) in [6.45, 7) is 4.63. The lowest BCUT2D eigenvalue weighted by atomic mass is 10.1. The molecule has 33 heavy (non-hydrogen) atoms. The third-order valence-electron chi connectivity index (χ3n) is 5.39. The third-order valence-corrected chi connectivity index (χ3v) is 5.39. The summed E-state index contributed by atoms with van der Waals surface area (Å²) in [6.07, 6.45) is 9.80. The van der Waals surface area contributed by atoms with Gasteiger partial charge in [0.15, 0.2) is 0 Å². The van der Waals surface area contributed by atoms with Crippen LogP contribution in [0.3, 0.4) is 0 Å². The van der Waals surface area contributed by atoms with E-state index in [1.807, 2.05) is 62.9 Å². The van der Waals surface area contributed by atoms with Gasteiger partial charge in [-0.15, -0.1) is 0 Å². The highest BCUT2D eigenvalue weighted by molar-refractivity contribution is 5.91. The molecule has 0 radical (unpaired) electrons. The molecular formula is C27H27N2O4+. The minimum atomic E-state index is -0.977. The smallest absolute Gasteiger partial charge is 0.374 e. The van der Waals surface area contributed by atoms with Crippen LogP contribution < -0.4 is 9.47 Å². The van der Waals surface area contributed by atoms with Crippen molar-refractivity contribution in [2.45, 2.75) is 20.4 Å². The molecule has 6 heteroatoms. The molecule has 0 bridgehead atoms. The second-order valence-corrected chi connectivity index (χ2v) is 8.04. The zero-order valence-electron chi connectivity index (χ0n) is 19.2. The molecule has 1 aliphatic heterocycles. The Morgan fingerprint density at radius 3 is 2.52 bits per heavy atom. The van der Waals surface area contributed by atoms with E-state index in [9.17, 15) is 9.90 Å². The molecule has 2 aromatic carbocycles. The molecule has 0 fully saturated rings. The number of oxazole rings is 1. The second-order valence-electron chi connectivity index (χ2n) is 8.04. The number of carbonyl (C=O) groups is 1. The van der Waals surface area contributed by atoms with Crippen LogP contribution in [0.4, 0.5) is 5.69 Å². The zero-order chi connectivity index (χ0) is 23.5. The summed E-state index contributed by atoms with van der Waals surface area (Å²) in [6, 6.07) is 13.2. The van der Waals surface area contributed by atoms with Crippen molar-refractivity contribution in [3.8, 4) is 0 Å². The number of aromatic carboxylic acids is 1. The number of nitrogens with zero attached hydrogens (tertiary/aromatic N) is 2. The van der Waals surface area contributed by atoms with Crippen molar-refractivity contribution in [1.29, 1.82) is 0 Å². The Balaban J connectivity index is 1.65. The molecule has 0 aliphatic carbocycles. The first-order chi connectivity index (χ1) is 15.8. The molecule has 168 valence electrons. The molecule has 6 nitrogen and oxygen atoms in total. The van der Waals surface area contributed by atoms with E-state index in [-0.39, 0.29) is 5.56 Å². The first-order valence-electron chi connectivity index (χ1n) is 10.8. The van der Waals surface area contributed by atoms with Crippen LogP contribution in [-0.2, 0) is 11.3 Å². The van der Waals surface area contributed by atoms with Gasteiger partial charge >= 0.3 is 11.9 Å². The number of aryl methyl sites for hydroxylation is 1. The Morgan fingerprint density at radius 2 is 1.85 bits per heavy atom. The maximum atomic E-state index is 11.3. The van der Waals surface area contributed by atoms with Crippen LogP contribution in [0.15, 0.2) is 82.2 Å². The molecule has 3 aromatic rings. The summed E-state index contributed by atoms with van der Waals surface area (Å²) in [4.78, 5) is 13.4. The number of carboxylic acid groups (broad SMARTS) is 1. The Hall–Kier alpha value is -4.06. The Labute approximate surface area is 193 Å². The minimum Gasteiger partial charge on any atom is -0.478 e. The van der Waals surface area contributed by atoms with E-state index in [4.69, 9.17) is 9.15 Å². The number of benzene rings is 2. The van der Waals surface area contributed by atoms with Gasteiger partial charge in [0.2, 0.25) is 5.58 Å². The van der Waals surface area contributed by atoms with Gasteiger partial charge in [0.25, 0.3) is 5.52 Å². The van der Waals surface area contributed by atoms with E-state index >= 15 is 0 Å². The van der Waals surface area contributed by atoms with Crippen LogP contribution in [0.1, 0.15) is 35.7 Å². The molecule has 0 spiro atoms. The molecule has 0 amide bonds. The van der Waals surface area contributed by atoms with Crippen LogP contribution >= 0.6 is 0 Å². The maximum absolute atomic E-state index is 11.3. The number of anilines is 1. The normalized spacial score (nSPS) is 15.0. The van der Waals surface area contributed by atoms with Crippen LogP contribution in [0, 0.1) is 0 Å². The van der Waals surface area contributed by atoms with E-state index in [0.29, 0.717) is 18.0 Å². The summed E-state index contributed by atoms with van der Waals surface area (Å²) in [7, 11) is 4.04. The molecule has 0 atom stereocenters. The fourth-order valence-corrected chi connectivity index (χ4v) is 3.73. The quantitative estimate of drug-likeness (QED) is 0.516. The number of carboxylic acids is 1. The molecular weight excluding hydrogens is 416 g/mol. The van der Waals surface area contributed by atoms with E-state index in [0.717, 1.165) is 33.9 Å². The van der Waals surface area contributed by atoms with Crippen molar-refractivity contribution in [2.24, 2.45) is 0 Å². The van der Waals surface area contributed by atoms with Crippen molar-refractivity contribution in [3.63, 3.8) is 0 Å². The zero-order valence-corrected chi connectivity index (χ0v) is 19.2. The van der Waals surface area contributed by atoms with Gasteiger partial charge < -0.3 is 19.2 Å². The number of allylic oxidation sites excluding steroid dienone is 5. The van der Waals surface area contributed by atoms with Gasteiger partial charge in [-0.25, -0.2) is 4.79 Å². The number of hydrogen-bond acceptors (Lipinski definition) is 4. The minimum absolute atomic E-state index is 0.200. The molecule has 0 saturated carbocycles. The largest absolute Gasteiger partial charge is 0.478 e. The van der Waals surface area contributed by atoms with Crippen molar-refractivity contribution < 1.29 is 23.6 Å². The third kappa shape index (κ3) is 4.90. The van der Waals surface area contributed by atoms with E-state index in [1.165, 1.54) is 0 Å². The molecule has 0 saturated heterocycles. The first-order valence-corrected chi connectivity index (χ1v) is 10.8. The van der Waals surface area contributed by atoms with Gasteiger partial charge in [0, 0.05) is 31.9 Å². The van der Waals surface area contributed by atoms with Gasteiger partial charge in [-0.1, -0.05) is 18.2 Å². The fraction of sp³-hybridized carbons (Fsp3) is 0.185. The molecule has 1 aromatic heterocycles. The number of rotatable bonds is 6. The molecule has 1 N–H and O–H groups in total. The van der Waals surface area contributed by atoms with Crippen LogP contribution in [0.5, 0.6) is 0 Å². The Morgan fingerprint density at radius 1 is 1.09 bits per heavy atom. The highest BCUT2D eigenvalue weighted by Crippen LogP contribution is 2.24. The standard InChI is InChI=1S/C27H26N2O4/c1-5-29-24-13-9-21(27(30)31)17-25(24)33-26(29)16-20-14-18(2)32-23(15-20)12-8-19-6-10-22(11-7-19)28(3)4/h6-17H,5H2,1-4H3/p+1. The molecule has 1 aliphatic rings. The lowest BCUT2D eigenvalue weighted by Crippen LogP contribution is -2.33. The Bertz CT molecular complexity index is 1320. The van der Waals surface area contributed by atoms with Crippen molar-refractivity contribution in [1.82, 2.24) is 0 Å². The van der Waals surface area contributed by atoms with Crippen LogP contribution in [0.25, 0.3) is 23.3 Å². The van der Waals surface area contributed by atoms with E-state index < -0.39 is 5.97 Å². The molecule has 0 unspecified atom stereocenters. The topological polar surface area (TPSA) is 66.8 Å². The number of ether oxygens (including phenoxy) is 1. The van der Waals surface area contributed by atoms with Crippen molar-refractivity contribution in [3.05, 3.63) is 94.8 Å². The highest BCUT2D eigenvalue weighted by atomic mass is 16.5. The van der Waals surface area contributed by atoms with E-state index in [1.54, 1.807) is 18.2 Å². The maximum Gasteiger partial charge on any atom is 0.374 e. The lowest BCUT2D eigenvalue weighted by Gasteiger charge is -2.13. The highest BCUT2D eigenvalue weighted by Gasteiger charge is 2.21. The van der Waals surface area contributed by atoms with Crippen molar-refractivity contribution >= 4 is 34.9 Å². The van der Waals surface area contributed by atoms with Gasteiger partial charge in [-0.05, 0) is 61.4 Å². The lowest BCUT2D eigenvalue weighted by molar-refractivity contribution is -0.674. The van der Waals surface area contributed by atoms with Gasteiger partial charge in [0.05, 0.1) is 11.6 Å². The monoisotopic (exact) mass is 443 g/mol. The van der Waals surface area contributed by atoms with Gasteiger partial charge in [-0.2, -0.15) is 4.57 Å². The predicted molar refractivity (Wildman–Crippen MR) is 130 cm³/mol. The van der Waals surface area contributed by atoms with Gasteiger partial charge in [-0.3, -0.25) is 0 Å². The summed E-state index contributed by atoms with van der Waals surface area (Å²) in [5, 5.41) is 9.27. The second kappa shape index (κ2) is 9.20. The van der Waals surface area contributed by atoms with E-state index in [2.05, 4.69) is 29.2 Å². The Kier molecular flexibility index (Phi) is 6.18. The SMILES string of the molecule is CC[n+]1c(/C=C2\C=C(C)OC(/C=C/c3ccc(N(C)C)cc3)=C2)oc2cc(C(=O)O)ccc21. The van der Waals surface area contributed by atoms with Gasteiger partial charge in [0.1, 0.15) is 18.1 Å². The van der Waals surface area contributed by atoms with Crippen LogP contribution in [0.2, 0.25) is 0 Å². The summed E-state index contributed by atoms with van der Waals surface area (Å²) in [5.74, 6) is 1.17. The molecule has 4 rings (SSSR count).